The van der Waals surface area contributed by atoms with E-state index in [9.17, 15) is 4.79 Å². The van der Waals surface area contributed by atoms with Gasteiger partial charge in [0.1, 0.15) is 5.75 Å². The monoisotopic (exact) mass is 347 g/mol. The molecule has 0 aliphatic carbocycles. The molecule has 2 amide bonds. The Labute approximate surface area is 150 Å². The summed E-state index contributed by atoms with van der Waals surface area (Å²) in [6.45, 7) is 8.64. The van der Waals surface area contributed by atoms with Crippen molar-refractivity contribution < 1.29 is 14.3 Å². The number of rotatable bonds is 4. The SMILES string of the molecule is COc1cccc(N2CC[C@@H](CNC(=O)N3CCOC(C)(C)C3)C2)c1. The molecule has 6 nitrogen and oxygen atoms in total. The van der Waals surface area contributed by atoms with Gasteiger partial charge in [0.2, 0.25) is 0 Å². The first-order valence-corrected chi connectivity index (χ1v) is 9.02. The molecule has 2 fully saturated rings. The summed E-state index contributed by atoms with van der Waals surface area (Å²) in [5.41, 5.74) is 0.926. The summed E-state index contributed by atoms with van der Waals surface area (Å²) in [7, 11) is 1.69. The molecule has 0 aromatic heterocycles. The molecule has 3 rings (SSSR count). The lowest BCUT2D eigenvalue weighted by Crippen LogP contribution is -2.54. The zero-order valence-corrected chi connectivity index (χ0v) is 15.5. The highest BCUT2D eigenvalue weighted by atomic mass is 16.5. The van der Waals surface area contributed by atoms with Crippen LogP contribution in [0.2, 0.25) is 0 Å². The van der Waals surface area contributed by atoms with Gasteiger partial charge in [0.25, 0.3) is 0 Å². The number of hydrogen-bond donors (Lipinski definition) is 1. The van der Waals surface area contributed by atoms with Gasteiger partial charge >= 0.3 is 6.03 Å². The molecule has 1 aromatic carbocycles. The Morgan fingerprint density at radius 3 is 3.00 bits per heavy atom. The molecule has 2 heterocycles. The minimum atomic E-state index is -0.258. The average molecular weight is 347 g/mol. The number of amides is 2. The maximum Gasteiger partial charge on any atom is 0.317 e. The van der Waals surface area contributed by atoms with Crippen molar-refractivity contribution >= 4 is 11.7 Å². The number of carbonyl (C=O) groups is 1. The minimum Gasteiger partial charge on any atom is -0.497 e. The Balaban J connectivity index is 1.47. The molecule has 2 saturated heterocycles. The smallest absolute Gasteiger partial charge is 0.317 e. The third kappa shape index (κ3) is 4.57. The van der Waals surface area contributed by atoms with E-state index in [1.54, 1.807) is 7.11 Å². The van der Waals surface area contributed by atoms with E-state index < -0.39 is 0 Å². The van der Waals surface area contributed by atoms with Crippen LogP contribution in [0.15, 0.2) is 24.3 Å². The van der Waals surface area contributed by atoms with Gasteiger partial charge in [0, 0.05) is 37.9 Å². The van der Waals surface area contributed by atoms with Crippen molar-refractivity contribution in [3.05, 3.63) is 24.3 Å². The van der Waals surface area contributed by atoms with Crippen molar-refractivity contribution in [1.29, 1.82) is 0 Å². The van der Waals surface area contributed by atoms with E-state index in [-0.39, 0.29) is 11.6 Å². The van der Waals surface area contributed by atoms with Crippen LogP contribution in [0, 0.1) is 5.92 Å². The number of urea groups is 1. The predicted molar refractivity (Wildman–Crippen MR) is 98.3 cm³/mol. The highest BCUT2D eigenvalue weighted by molar-refractivity contribution is 5.74. The first kappa shape index (κ1) is 17.9. The van der Waals surface area contributed by atoms with Crippen LogP contribution in [0.1, 0.15) is 20.3 Å². The molecule has 1 aromatic rings. The third-order valence-electron chi connectivity index (χ3n) is 4.96. The van der Waals surface area contributed by atoms with E-state index >= 15 is 0 Å². The van der Waals surface area contributed by atoms with Crippen LogP contribution in [-0.4, -0.2) is 63.0 Å². The Kier molecular flexibility index (Phi) is 5.37. The second-order valence-electron chi connectivity index (χ2n) is 7.52. The Hall–Kier alpha value is -1.95. The lowest BCUT2D eigenvalue weighted by atomic mass is 10.1. The summed E-state index contributed by atoms with van der Waals surface area (Å²) >= 11 is 0. The molecular formula is C19H29N3O3. The van der Waals surface area contributed by atoms with Gasteiger partial charge in [-0.1, -0.05) is 6.07 Å². The van der Waals surface area contributed by atoms with Crippen molar-refractivity contribution in [2.24, 2.45) is 5.92 Å². The van der Waals surface area contributed by atoms with Crippen LogP contribution in [0.25, 0.3) is 0 Å². The summed E-state index contributed by atoms with van der Waals surface area (Å²) in [5, 5.41) is 3.11. The molecule has 0 radical (unpaired) electrons. The molecule has 1 atom stereocenters. The van der Waals surface area contributed by atoms with Crippen molar-refractivity contribution in [3.8, 4) is 5.75 Å². The number of anilines is 1. The molecule has 2 aliphatic heterocycles. The van der Waals surface area contributed by atoms with Gasteiger partial charge in [0.15, 0.2) is 0 Å². The second-order valence-corrected chi connectivity index (χ2v) is 7.52. The van der Waals surface area contributed by atoms with Crippen LogP contribution >= 0.6 is 0 Å². The van der Waals surface area contributed by atoms with Crippen LogP contribution in [-0.2, 0) is 4.74 Å². The van der Waals surface area contributed by atoms with Crippen molar-refractivity contribution in [1.82, 2.24) is 10.2 Å². The first-order chi connectivity index (χ1) is 12.0. The standard InChI is InChI=1S/C19H29N3O3/c1-19(2)14-22(9-10-25-19)18(23)20-12-15-7-8-21(13-15)16-5-4-6-17(11-16)24-3/h4-6,11,15H,7-10,12-14H2,1-3H3,(H,20,23)/t15-/m0/s1. The Bertz CT molecular complexity index is 605. The zero-order chi connectivity index (χ0) is 17.9. The molecule has 1 N–H and O–H groups in total. The molecule has 138 valence electrons. The number of nitrogens with one attached hydrogen (secondary N) is 1. The zero-order valence-electron chi connectivity index (χ0n) is 15.5. The summed E-state index contributed by atoms with van der Waals surface area (Å²) in [6.07, 6.45) is 1.09. The second kappa shape index (κ2) is 7.52. The van der Waals surface area contributed by atoms with Crippen LogP contribution in [0.3, 0.4) is 0 Å². The van der Waals surface area contributed by atoms with Crippen molar-refractivity contribution in [2.75, 3.05) is 51.3 Å². The summed E-state index contributed by atoms with van der Waals surface area (Å²) in [6, 6.07) is 8.18. The van der Waals surface area contributed by atoms with Crippen LogP contribution in [0.4, 0.5) is 10.5 Å². The molecule has 0 bridgehead atoms. The predicted octanol–water partition coefficient (Wildman–Crippen LogP) is 2.34. The fraction of sp³-hybridized carbons (Fsp3) is 0.632. The molecule has 25 heavy (non-hydrogen) atoms. The highest BCUT2D eigenvalue weighted by Crippen LogP contribution is 2.26. The molecule has 0 spiro atoms. The lowest BCUT2D eigenvalue weighted by molar-refractivity contribution is -0.0733. The Morgan fingerprint density at radius 1 is 1.40 bits per heavy atom. The normalized spacial score (nSPS) is 22.8. The van der Waals surface area contributed by atoms with Gasteiger partial charge < -0.3 is 24.6 Å². The fourth-order valence-corrected chi connectivity index (χ4v) is 3.57. The number of methoxy groups -OCH3 is 1. The van der Waals surface area contributed by atoms with E-state index in [1.807, 2.05) is 30.9 Å². The molecule has 6 heteroatoms. The van der Waals surface area contributed by atoms with Crippen molar-refractivity contribution in [2.45, 2.75) is 25.9 Å². The van der Waals surface area contributed by atoms with E-state index in [4.69, 9.17) is 9.47 Å². The van der Waals surface area contributed by atoms with Gasteiger partial charge in [-0.3, -0.25) is 0 Å². The summed E-state index contributed by atoms with van der Waals surface area (Å²) in [4.78, 5) is 16.6. The van der Waals surface area contributed by atoms with Crippen LogP contribution < -0.4 is 15.0 Å². The van der Waals surface area contributed by atoms with Crippen molar-refractivity contribution in [3.63, 3.8) is 0 Å². The van der Waals surface area contributed by atoms with E-state index in [0.29, 0.717) is 25.6 Å². The van der Waals surface area contributed by atoms with Crippen LogP contribution in [0.5, 0.6) is 5.75 Å². The fourth-order valence-electron chi connectivity index (χ4n) is 3.57. The number of morpholine rings is 1. The van der Waals surface area contributed by atoms with Gasteiger partial charge in [-0.2, -0.15) is 0 Å². The highest BCUT2D eigenvalue weighted by Gasteiger charge is 2.30. The minimum absolute atomic E-state index is 0.0243. The van der Waals surface area contributed by atoms with Gasteiger partial charge in [-0.15, -0.1) is 0 Å². The largest absolute Gasteiger partial charge is 0.497 e. The van der Waals surface area contributed by atoms with E-state index in [1.165, 1.54) is 5.69 Å². The topological polar surface area (TPSA) is 54.0 Å². The van der Waals surface area contributed by atoms with E-state index in [0.717, 1.165) is 31.8 Å². The average Bonchev–Trinajstić information content (AvgIpc) is 3.08. The van der Waals surface area contributed by atoms with E-state index in [2.05, 4.69) is 22.3 Å². The summed E-state index contributed by atoms with van der Waals surface area (Å²) in [5.74, 6) is 1.35. The van der Waals surface area contributed by atoms with Gasteiger partial charge in [-0.05, 0) is 38.3 Å². The molecule has 0 saturated carbocycles. The number of benzene rings is 1. The number of nitrogens with zero attached hydrogens (tertiary/aromatic N) is 2. The third-order valence-corrected chi connectivity index (χ3v) is 4.96. The maximum absolute atomic E-state index is 12.4. The Morgan fingerprint density at radius 2 is 2.24 bits per heavy atom. The maximum atomic E-state index is 12.4. The van der Waals surface area contributed by atoms with Gasteiger partial charge in [0.05, 0.1) is 25.9 Å². The lowest BCUT2D eigenvalue weighted by Gasteiger charge is -2.38. The molecule has 0 unspecified atom stereocenters. The number of carbonyl (C=O) groups excluding carboxylic acids is 1. The molecular weight excluding hydrogens is 318 g/mol. The number of hydrogen-bond acceptors (Lipinski definition) is 4. The number of ether oxygens (including phenoxy) is 2. The quantitative estimate of drug-likeness (QED) is 0.908. The van der Waals surface area contributed by atoms with Gasteiger partial charge in [-0.25, -0.2) is 4.79 Å². The first-order valence-electron chi connectivity index (χ1n) is 9.02. The molecule has 2 aliphatic rings. The summed E-state index contributed by atoms with van der Waals surface area (Å²) < 4.78 is 11.0.